The van der Waals surface area contributed by atoms with E-state index in [-0.39, 0.29) is 28.4 Å². The molecule has 4 heterocycles. The van der Waals surface area contributed by atoms with E-state index >= 15 is 0 Å². The van der Waals surface area contributed by atoms with Crippen molar-refractivity contribution in [3.63, 3.8) is 0 Å². The Morgan fingerprint density at radius 1 is 0.635 bits per heavy atom. The summed E-state index contributed by atoms with van der Waals surface area (Å²) in [5, 5.41) is 114. The molecule has 19 heteroatoms. The predicted molar refractivity (Wildman–Crippen MR) is 170 cm³/mol. The Morgan fingerprint density at radius 3 is 1.79 bits per heavy atom. The normalized spacial score (nSPS) is 38.2. The van der Waals surface area contributed by atoms with Crippen LogP contribution in [0.5, 0.6) is 23.0 Å². The minimum atomic E-state index is -1.98. The molecule has 6 rings (SSSR count). The van der Waals surface area contributed by atoms with E-state index in [9.17, 15) is 61.0 Å². The fourth-order valence-corrected chi connectivity index (χ4v) is 6.09. The van der Waals surface area contributed by atoms with Crippen LogP contribution in [-0.4, -0.2) is 155 Å². The number of aliphatic hydroxyl groups excluding tert-OH is 9. The molecular formula is C33H40O19. The molecule has 0 amide bonds. The summed E-state index contributed by atoms with van der Waals surface area (Å²) in [6, 6.07) is 7.38. The van der Waals surface area contributed by atoms with Crippen LogP contribution in [0.4, 0.5) is 0 Å². The smallest absolute Gasteiger partial charge is 0.239 e. The lowest BCUT2D eigenvalue weighted by atomic mass is 9.98. The highest BCUT2D eigenvalue weighted by atomic mass is 16.7. The number of phenols is 2. The number of fused-ring (bicyclic) bond motifs is 1. The first kappa shape index (κ1) is 38.1. The lowest BCUT2D eigenvalue weighted by Gasteiger charge is -2.42. The Kier molecular flexibility index (Phi) is 11.0. The molecule has 1 aromatic heterocycles. The molecule has 11 N–H and O–H groups in total. The molecule has 15 atom stereocenters. The Hall–Kier alpha value is -3.67. The van der Waals surface area contributed by atoms with Gasteiger partial charge in [-0.3, -0.25) is 4.79 Å². The first-order valence-corrected chi connectivity index (χ1v) is 16.2. The van der Waals surface area contributed by atoms with Gasteiger partial charge in [-0.2, -0.15) is 0 Å². The zero-order valence-electron chi connectivity index (χ0n) is 27.5. The lowest BCUT2D eigenvalue weighted by molar-refractivity contribution is -0.318. The number of aliphatic hydroxyl groups is 9. The van der Waals surface area contributed by atoms with Crippen LogP contribution in [0.2, 0.25) is 0 Å². The molecule has 286 valence electrons. The van der Waals surface area contributed by atoms with E-state index in [1.807, 2.05) is 0 Å². The quantitative estimate of drug-likeness (QED) is 0.110. The van der Waals surface area contributed by atoms with Crippen LogP contribution in [0.15, 0.2) is 45.6 Å². The molecule has 0 bridgehead atoms. The van der Waals surface area contributed by atoms with E-state index in [4.69, 9.17) is 32.8 Å². The van der Waals surface area contributed by atoms with Crippen molar-refractivity contribution in [3.8, 4) is 34.3 Å². The zero-order valence-corrected chi connectivity index (χ0v) is 27.5. The third-order valence-electron chi connectivity index (χ3n) is 9.23. The maximum Gasteiger partial charge on any atom is 0.239 e. The molecular weight excluding hydrogens is 700 g/mol. The molecule has 2 aromatic carbocycles. The summed E-state index contributed by atoms with van der Waals surface area (Å²) in [5.74, 6) is -2.01. The van der Waals surface area contributed by atoms with Gasteiger partial charge in [0, 0.05) is 17.7 Å². The molecule has 0 radical (unpaired) electrons. The van der Waals surface area contributed by atoms with Crippen LogP contribution in [-0.2, 0) is 18.9 Å². The van der Waals surface area contributed by atoms with Gasteiger partial charge in [0.25, 0.3) is 0 Å². The highest BCUT2D eigenvalue weighted by molar-refractivity contribution is 5.88. The van der Waals surface area contributed by atoms with Gasteiger partial charge in [0.05, 0.1) is 18.8 Å². The van der Waals surface area contributed by atoms with Crippen molar-refractivity contribution in [1.82, 2.24) is 0 Å². The van der Waals surface area contributed by atoms with E-state index in [2.05, 4.69) is 0 Å². The van der Waals surface area contributed by atoms with Gasteiger partial charge in [0.15, 0.2) is 12.1 Å². The number of hydrogen-bond donors (Lipinski definition) is 11. The van der Waals surface area contributed by atoms with Crippen molar-refractivity contribution in [3.05, 3.63) is 46.6 Å². The first-order chi connectivity index (χ1) is 24.6. The second-order valence-corrected chi connectivity index (χ2v) is 12.9. The van der Waals surface area contributed by atoms with Gasteiger partial charge in [-0.15, -0.1) is 0 Å². The Labute approximate surface area is 293 Å². The Morgan fingerprint density at radius 2 is 1.17 bits per heavy atom. The summed E-state index contributed by atoms with van der Waals surface area (Å²) in [5.41, 5.74) is -1.16. The molecule has 3 aromatic rings. The van der Waals surface area contributed by atoms with Crippen molar-refractivity contribution < 1.29 is 89.0 Å². The number of ether oxygens (including phenoxy) is 6. The van der Waals surface area contributed by atoms with E-state index in [0.717, 1.165) is 6.07 Å². The topological polar surface area (TPSA) is 308 Å². The van der Waals surface area contributed by atoms with Crippen LogP contribution in [0.1, 0.15) is 13.8 Å². The van der Waals surface area contributed by atoms with Gasteiger partial charge in [0.1, 0.15) is 89.3 Å². The average molecular weight is 741 g/mol. The van der Waals surface area contributed by atoms with Crippen LogP contribution < -0.4 is 14.9 Å². The number of benzene rings is 2. The van der Waals surface area contributed by atoms with E-state index in [0.29, 0.717) is 0 Å². The standard InChI is InChI=1S/C33H40O19/c1-10-19(36)23(40)26(43)31(47-10)46-9-17-21(38)25(42)28(45)33(51-17)52-30-22(39)18-15(35)7-14(49-32-27(44)24(41)20(37)11(2)48-32)8-16(18)50-29(30)12-3-5-13(34)6-4-12/h3-8,10-11,17,19-21,23-28,31-38,40-45H,9H2,1-2H3/t10?,11?,17?,19-,20-,21+,23-,24-,25?,26?,27?,28?,31+,32-,33-/m0/s1. The monoisotopic (exact) mass is 740 g/mol. The zero-order chi connectivity index (χ0) is 37.8. The fourth-order valence-electron chi connectivity index (χ4n) is 6.09. The third kappa shape index (κ3) is 7.16. The van der Waals surface area contributed by atoms with Crippen LogP contribution in [0.25, 0.3) is 22.3 Å². The Balaban J connectivity index is 1.32. The SMILES string of the molecule is CC1O[C@@H](OCC2O[C@@H](Oc3c(-c4ccc(O)cc4)oc4cc(O[C@@H]5OC(C)[C@H](O)[C@H](O)C5O)cc(O)c4c3=O)C(O)C(O)[C@@H]2O)C(O)[C@@H](O)[C@H]1O. The minimum absolute atomic E-state index is 0.138. The summed E-state index contributed by atoms with van der Waals surface area (Å²) in [6.45, 7) is 2.25. The van der Waals surface area contributed by atoms with Crippen molar-refractivity contribution in [1.29, 1.82) is 0 Å². The Bertz CT molecular complexity index is 1770. The maximum atomic E-state index is 14.0. The maximum absolute atomic E-state index is 14.0. The number of rotatable bonds is 8. The molecule has 3 aliphatic heterocycles. The number of phenolic OH excluding ortho intramolecular Hbond substituents is 2. The fraction of sp³-hybridized carbons (Fsp3) is 0.545. The molecule has 0 spiro atoms. The van der Waals surface area contributed by atoms with Crippen molar-refractivity contribution in [2.75, 3.05) is 6.61 Å². The minimum Gasteiger partial charge on any atom is -0.508 e. The molecule has 0 aliphatic carbocycles. The van der Waals surface area contributed by atoms with Gasteiger partial charge in [0.2, 0.25) is 23.8 Å². The number of aromatic hydroxyl groups is 2. The van der Waals surface area contributed by atoms with Crippen LogP contribution >= 0.6 is 0 Å². The van der Waals surface area contributed by atoms with Crippen molar-refractivity contribution in [2.45, 2.75) is 106 Å². The summed E-state index contributed by atoms with van der Waals surface area (Å²) in [7, 11) is 0. The molecule has 7 unspecified atom stereocenters. The van der Waals surface area contributed by atoms with Crippen molar-refractivity contribution >= 4 is 11.0 Å². The second kappa shape index (κ2) is 15.0. The number of hydrogen-bond acceptors (Lipinski definition) is 19. The van der Waals surface area contributed by atoms with Gasteiger partial charge >= 0.3 is 0 Å². The van der Waals surface area contributed by atoms with Crippen LogP contribution in [0.3, 0.4) is 0 Å². The van der Waals surface area contributed by atoms with Gasteiger partial charge < -0.3 is 89.0 Å². The predicted octanol–water partition coefficient (Wildman–Crippen LogP) is -2.89. The first-order valence-electron chi connectivity index (χ1n) is 16.2. The van der Waals surface area contributed by atoms with E-state index in [1.54, 1.807) is 0 Å². The highest BCUT2D eigenvalue weighted by Crippen LogP contribution is 2.38. The van der Waals surface area contributed by atoms with Crippen molar-refractivity contribution in [2.24, 2.45) is 0 Å². The molecule has 3 aliphatic rings. The summed E-state index contributed by atoms with van der Waals surface area (Å²) in [6.07, 6.45) is -23.5. The van der Waals surface area contributed by atoms with Gasteiger partial charge in [-0.1, -0.05) is 0 Å². The highest BCUT2D eigenvalue weighted by Gasteiger charge is 2.48. The lowest BCUT2D eigenvalue weighted by Crippen LogP contribution is -2.61. The summed E-state index contributed by atoms with van der Waals surface area (Å²) >= 11 is 0. The third-order valence-corrected chi connectivity index (χ3v) is 9.23. The van der Waals surface area contributed by atoms with Gasteiger partial charge in [-0.25, -0.2) is 0 Å². The summed E-state index contributed by atoms with van der Waals surface area (Å²) < 4.78 is 39.5. The van der Waals surface area contributed by atoms with E-state index in [1.165, 1.54) is 44.2 Å². The van der Waals surface area contributed by atoms with Gasteiger partial charge in [-0.05, 0) is 38.1 Å². The molecule has 52 heavy (non-hydrogen) atoms. The van der Waals surface area contributed by atoms with Crippen LogP contribution in [0, 0.1) is 0 Å². The molecule has 0 saturated carbocycles. The molecule has 3 saturated heterocycles. The average Bonchev–Trinajstić information content (AvgIpc) is 3.11. The molecule has 19 nitrogen and oxygen atoms in total. The largest absolute Gasteiger partial charge is 0.508 e. The molecule has 3 fully saturated rings. The van der Waals surface area contributed by atoms with E-state index < -0.39 is 121 Å². The summed E-state index contributed by atoms with van der Waals surface area (Å²) in [4.78, 5) is 14.0. The second-order valence-electron chi connectivity index (χ2n) is 12.9.